The molecule has 1 aliphatic heterocycles. The lowest BCUT2D eigenvalue weighted by atomic mass is 10.0. The number of carboxylic acid groups (broad SMARTS) is 2. The van der Waals surface area contributed by atoms with Gasteiger partial charge in [0.15, 0.2) is 5.96 Å². The van der Waals surface area contributed by atoms with E-state index < -0.39 is 48.3 Å². The van der Waals surface area contributed by atoms with Crippen molar-refractivity contribution in [1.82, 2.24) is 31.2 Å². The largest absolute Gasteiger partial charge is 0.506 e. The van der Waals surface area contributed by atoms with Gasteiger partial charge in [0.05, 0.1) is 16.1 Å². The molecule has 18 nitrogen and oxygen atoms in total. The molecule has 1 fully saturated rings. The monoisotopic (exact) mass is 1040 g/mol. The summed E-state index contributed by atoms with van der Waals surface area (Å²) in [6, 6.07) is 12.2. The number of phenolic OH excluding ortho intramolecular Hbond substituents is 1. The number of anilines is 1. The van der Waals surface area contributed by atoms with Gasteiger partial charge in [-0.1, -0.05) is 12.1 Å². The van der Waals surface area contributed by atoms with Crippen LogP contribution in [0.4, 0.5) is 36.8 Å². The number of carbonyl (C=O) groups excluding carboxylic acids is 3. The van der Waals surface area contributed by atoms with Gasteiger partial charge in [0.25, 0.3) is 0 Å². The van der Waals surface area contributed by atoms with Crippen molar-refractivity contribution in [2.75, 3.05) is 51.3 Å². The third-order valence-corrected chi connectivity index (χ3v) is 9.88. The Bertz CT molecular complexity index is 2000. The van der Waals surface area contributed by atoms with Crippen LogP contribution in [0, 0.1) is 5.41 Å². The van der Waals surface area contributed by atoms with Gasteiger partial charge in [-0.15, -0.1) is 0 Å². The third kappa shape index (κ3) is 19.6. The summed E-state index contributed by atoms with van der Waals surface area (Å²) < 4.78 is 69.6. The number of piperazine rings is 1. The molecule has 0 saturated carbocycles. The minimum absolute atomic E-state index is 0.00635. The normalized spacial score (nSPS) is 13.3. The maximum atomic E-state index is 14.0. The number of hydrogen-bond acceptors (Lipinski definition) is 10. The number of carbonyl (C=O) groups is 5. The lowest BCUT2D eigenvalue weighted by Gasteiger charge is -2.37. The Morgan fingerprint density at radius 1 is 0.844 bits per heavy atom. The van der Waals surface area contributed by atoms with Crippen LogP contribution in [-0.4, -0.2) is 132 Å². The van der Waals surface area contributed by atoms with E-state index in [1.54, 1.807) is 36.5 Å². The Kier molecular flexibility index (Phi) is 21.9. The summed E-state index contributed by atoms with van der Waals surface area (Å²) in [6.45, 7) is 2.81. The molecule has 2 heterocycles. The van der Waals surface area contributed by atoms with Gasteiger partial charge >= 0.3 is 30.3 Å². The zero-order valence-electron chi connectivity index (χ0n) is 33.7. The van der Waals surface area contributed by atoms with E-state index in [-0.39, 0.29) is 30.5 Å². The Balaban J connectivity index is 0.000000866. The smallest absolute Gasteiger partial charge is 0.490 e. The highest BCUT2D eigenvalue weighted by Gasteiger charge is 2.39. The van der Waals surface area contributed by atoms with Crippen LogP contribution >= 0.6 is 31.9 Å². The number of urea groups is 1. The quantitative estimate of drug-likeness (QED) is 0.0449. The molecule has 3 aromatic rings. The van der Waals surface area contributed by atoms with Crippen molar-refractivity contribution in [2.45, 2.75) is 50.1 Å². The van der Waals surface area contributed by atoms with Gasteiger partial charge in [0.1, 0.15) is 23.6 Å². The number of alkyl halides is 6. The van der Waals surface area contributed by atoms with Gasteiger partial charge in [0, 0.05) is 63.8 Å². The number of amides is 4. The van der Waals surface area contributed by atoms with Gasteiger partial charge < -0.3 is 56.9 Å². The first-order chi connectivity index (χ1) is 29.9. The van der Waals surface area contributed by atoms with Crippen molar-refractivity contribution in [2.24, 2.45) is 5.73 Å². The zero-order chi connectivity index (χ0) is 48.2. The van der Waals surface area contributed by atoms with Crippen LogP contribution in [0.1, 0.15) is 24.0 Å². The predicted molar refractivity (Wildman–Crippen MR) is 226 cm³/mol. The number of pyridine rings is 1. The van der Waals surface area contributed by atoms with Gasteiger partial charge in [-0.3, -0.25) is 20.0 Å². The number of guanidine groups is 1. The lowest BCUT2D eigenvalue weighted by Crippen LogP contribution is -2.58. The van der Waals surface area contributed by atoms with E-state index >= 15 is 0 Å². The molecular weight excluding hydrogens is 1000 g/mol. The molecule has 4 rings (SSSR count). The molecule has 0 bridgehead atoms. The van der Waals surface area contributed by atoms with Crippen molar-refractivity contribution in [3.8, 4) is 11.5 Å². The second kappa shape index (κ2) is 25.9. The Hall–Kier alpha value is -6.05. The molecule has 4 amide bonds. The van der Waals surface area contributed by atoms with E-state index in [9.17, 15) is 45.8 Å². The minimum Gasteiger partial charge on any atom is -0.506 e. The van der Waals surface area contributed by atoms with E-state index in [0.717, 1.165) is 11.3 Å². The van der Waals surface area contributed by atoms with Crippen LogP contribution < -0.4 is 36.6 Å². The summed E-state index contributed by atoms with van der Waals surface area (Å²) in [5.74, 6) is -5.75. The first kappa shape index (κ1) is 54.1. The van der Waals surface area contributed by atoms with Crippen molar-refractivity contribution < 1.29 is 70.4 Å². The molecule has 1 aliphatic rings. The number of rotatable bonds is 15. The molecule has 1 aromatic heterocycles. The number of carboxylic acids is 2. The first-order valence-electron chi connectivity index (χ1n) is 18.7. The average molecular weight is 1050 g/mol. The fourth-order valence-corrected chi connectivity index (χ4v) is 6.84. The number of methoxy groups -OCH3 is 1. The number of nitrogens with two attached hydrogens (primary N) is 1. The summed E-state index contributed by atoms with van der Waals surface area (Å²) in [7, 11) is 1.59. The van der Waals surface area contributed by atoms with E-state index in [4.69, 9.17) is 35.7 Å². The zero-order valence-corrected chi connectivity index (χ0v) is 36.9. The molecule has 26 heteroatoms. The molecule has 352 valence electrons. The van der Waals surface area contributed by atoms with Crippen LogP contribution in [-0.2, 0) is 32.0 Å². The molecule has 0 spiro atoms. The maximum Gasteiger partial charge on any atom is 0.490 e. The number of nitrogens with zero attached hydrogens (tertiary/aromatic N) is 3. The number of benzene rings is 2. The van der Waals surface area contributed by atoms with Gasteiger partial charge in [-0.25, -0.2) is 14.4 Å². The molecule has 0 aliphatic carbocycles. The number of hydrogen-bond donors (Lipinski definition) is 9. The highest BCUT2D eigenvalue weighted by atomic mass is 79.9. The van der Waals surface area contributed by atoms with Crippen molar-refractivity contribution in [3.63, 3.8) is 0 Å². The van der Waals surface area contributed by atoms with Crippen LogP contribution in [0.2, 0.25) is 0 Å². The number of halogens is 8. The molecular formula is C38H45Br2F6N9O9. The van der Waals surface area contributed by atoms with Crippen LogP contribution in [0.5, 0.6) is 11.5 Å². The average Bonchev–Trinajstić information content (AvgIpc) is 3.23. The summed E-state index contributed by atoms with van der Waals surface area (Å²) in [5.41, 5.74) is 8.09. The molecule has 10 N–H and O–H groups in total. The fourth-order valence-electron chi connectivity index (χ4n) is 5.56. The standard InChI is InChI=1S/C34H43Br2N9O5.2C2HF3O2/c1-50-25-5-2-4-22(18-25)7-13-41-34(49)43-29(21-23-19-26(35)30(46)27(36)20-23)31(47)42-28(6-3-10-40-33(37)38)32(48)45-16-14-44(15-17-45)24-8-11-39-12-9-24;2*3-2(4,5)1(6)7/h2,4-5,8-9,11-12,18-20,28-29,46H,3,6-7,10,13-17,21H2,1H3,(H,42,47)(H4,37,38,40)(H2,41,43,49);2*(H,6,7)/t28-,29+;;/m0../s1. The topological polar surface area (TPSA) is 273 Å². The van der Waals surface area contributed by atoms with E-state index in [1.807, 2.05) is 36.4 Å². The summed E-state index contributed by atoms with van der Waals surface area (Å²) >= 11 is 6.67. The maximum absolute atomic E-state index is 14.0. The number of aromatic hydroxyl groups is 1. The molecule has 64 heavy (non-hydrogen) atoms. The Morgan fingerprint density at radius 3 is 1.92 bits per heavy atom. The van der Waals surface area contributed by atoms with E-state index in [2.05, 4.69) is 63.0 Å². The summed E-state index contributed by atoms with van der Waals surface area (Å²) in [4.78, 5) is 66.8. The highest BCUT2D eigenvalue weighted by Crippen LogP contribution is 2.33. The SMILES string of the molecule is COc1cccc(CCNC(=O)N[C@H](Cc2cc(Br)c(O)c(Br)c2)C(=O)N[C@@H](CCCNC(=N)N)C(=O)N2CCN(c3ccncc3)CC2)c1.O=C(O)C(F)(F)F.O=C(O)C(F)(F)F. The number of ether oxygens (including phenoxy) is 1. The molecule has 2 aromatic carbocycles. The number of nitrogens with one attached hydrogen (secondary N) is 5. The number of aliphatic carboxylic acids is 2. The second-order valence-electron chi connectivity index (χ2n) is 13.3. The Morgan fingerprint density at radius 2 is 1.41 bits per heavy atom. The van der Waals surface area contributed by atoms with Crippen molar-refractivity contribution >= 4 is 73.3 Å². The Labute approximate surface area is 378 Å². The summed E-state index contributed by atoms with van der Waals surface area (Å²) in [5, 5.41) is 43.2. The molecule has 2 atom stereocenters. The molecule has 1 saturated heterocycles. The lowest BCUT2D eigenvalue weighted by molar-refractivity contribution is -0.193. The second-order valence-corrected chi connectivity index (χ2v) is 15.0. The van der Waals surface area contributed by atoms with E-state index in [1.165, 1.54) is 0 Å². The molecule has 0 unspecified atom stereocenters. The van der Waals surface area contributed by atoms with Crippen LogP contribution in [0.3, 0.4) is 0 Å². The van der Waals surface area contributed by atoms with Crippen molar-refractivity contribution in [3.05, 3.63) is 81.0 Å². The number of aromatic nitrogens is 1. The highest BCUT2D eigenvalue weighted by molar-refractivity contribution is 9.11. The van der Waals surface area contributed by atoms with Gasteiger partial charge in [-0.05, 0) is 98.6 Å². The first-order valence-corrected chi connectivity index (χ1v) is 20.3. The third-order valence-electron chi connectivity index (χ3n) is 8.68. The van der Waals surface area contributed by atoms with Crippen molar-refractivity contribution in [1.29, 1.82) is 5.41 Å². The van der Waals surface area contributed by atoms with Crippen LogP contribution in [0.15, 0.2) is 69.9 Å². The predicted octanol–water partition coefficient (Wildman–Crippen LogP) is 4.14. The van der Waals surface area contributed by atoms with Gasteiger partial charge in [0.2, 0.25) is 11.8 Å². The fraction of sp³-hybridized carbons (Fsp3) is 0.395. The summed E-state index contributed by atoms with van der Waals surface area (Å²) in [6.07, 6.45) is -5.36. The number of phenols is 1. The van der Waals surface area contributed by atoms with Gasteiger partial charge in [-0.2, -0.15) is 26.3 Å². The molecule has 0 radical (unpaired) electrons. The minimum atomic E-state index is -5.08. The van der Waals surface area contributed by atoms with Crippen LogP contribution in [0.25, 0.3) is 0 Å². The van der Waals surface area contributed by atoms with E-state index in [0.29, 0.717) is 72.4 Å².